The number of fused-ring (bicyclic) bond motifs is 1. The van der Waals surface area contributed by atoms with Gasteiger partial charge in [0.1, 0.15) is 6.54 Å². The molecule has 1 aromatic heterocycles. The molecule has 1 aliphatic carbocycles. The summed E-state index contributed by atoms with van der Waals surface area (Å²) in [6, 6.07) is 10.3. The highest BCUT2D eigenvalue weighted by atomic mass is 16.4. The molecule has 1 heterocycles. The third-order valence-corrected chi connectivity index (χ3v) is 4.01. The van der Waals surface area contributed by atoms with Gasteiger partial charge in [0, 0.05) is 12.3 Å². The van der Waals surface area contributed by atoms with E-state index in [4.69, 9.17) is 5.11 Å². The predicted molar refractivity (Wildman–Crippen MR) is 83.3 cm³/mol. The van der Waals surface area contributed by atoms with E-state index in [2.05, 4.69) is 5.32 Å². The zero-order chi connectivity index (χ0) is 16.4. The first-order chi connectivity index (χ1) is 11.0. The number of hydrogen-bond acceptors (Lipinski definition) is 3. The van der Waals surface area contributed by atoms with Crippen LogP contribution in [0.1, 0.15) is 33.9 Å². The van der Waals surface area contributed by atoms with E-state index in [0.717, 1.165) is 29.0 Å². The Kier molecular flexibility index (Phi) is 3.97. The first-order valence-corrected chi connectivity index (χ1v) is 7.35. The average Bonchev–Trinajstić information content (AvgIpc) is 2.92. The summed E-state index contributed by atoms with van der Waals surface area (Å²) < 4.78 is 1.11. The topological polar surface area (TPSA) is 88.4 Å². The van der Waals surface area contributed by atoms with E-state index in [1.54, 1.807) is 0 Å². The van der Waals surface area contributed by atoms with Gasteiger partial charge in [-0.25, -0.2) is 4.79 Å². The van der Waals surface area contributed by atoms with Gasteiger partial charge in [0.15, 0.2) is 0 Å². The largest absolute Gasteiger partial charge is 0.478 e. The quantitative estimate of drug-likeness (QED) is 0.892. The van der Waals surface area contributed by atoms with E-state index < -0.39 is 11.5 Å². The van der Waals surface area contributed by atoms with Crippen LogP contribution in [0.5, 0.6) is 0 Å². The molecule has 3 rings (SSSR count). The first-order valence-electron chi connectivity index (χ1n) is 7.35. The molecule has 0 aliphatic heterocycles. The van der Waals surface area contributed by atoms with Gasteiger partial charge in [-0.2, -0.15) is 0 Å². The summed E-state index contributed by atoms with van der Waals surface area (Å²) in [6.45, 7) is -0.196. The molecule has 1 aromatic carbocycles. The molecule has 1 unspecified atom stereocenters. The maximum atomic E-state index is 12.2. The van der Waals surface area contributed by atoms with Crippen LogP contribution in [0.4, 0.5) is 0 Å². The van der Waals surface area contributed by atoms with Crippen LogP contribution in [0.15, 0.2) is 47.4 Å². The number of carboxylic acids is 1. The molecule has 0 fully saturated rings. The fraction of sp³-hybridized carbons (Fsp3) is 0.235. The van der Waals surface area contributed by atoms with Crippen LogP contribution < -0.4 is 10.9 Å². The van der Waals surface area contributed by atoms with Crippen molar-refractivity contribution in [2.24, 2.45) is 0 Å². The number of pyridine rings is 1. The van der Waals surface area contributed by atoms with Crippen LogP contribution in [-0.2, 0) is 17.8 Å². The molecule has 0 saturated heterocycles. The summed E-state index contributed by atoms with van der Waals surface area (Å²) in [7, 11) is 0. The number of nitrogens with one attached hydrogen (secondary N) is 1. The van der Waals surface area contributed by atoms with E-state index in [1.165, 1.54) is 17.8 Å². The summed E-state index contributed by atoms with van der Waals surface area (Å²) >= 11 is 0. The van der Waals surface area contributed by atoms with Gasteiger partial charge in [-0.3, -0.25) is 9.59 Å². The highest BCUT2D eigenvalue weighted by Crippen LogP contribution is 2.30. The van der Waals surface area contributed by atoms with Gasteiger partial charge < -0.3 is 15.0 Å². The molecule has 0 spiro atoms. The lowest BCUT2D eigenvalue weighted by atomic mass is 10.1. The second-order valence-electron chi connectivity index (χ2n) is 5.55. The van der Waals surface area contributed by atoms with E-state index in [0.29, 0.717) is 0 Å². The summed E-state index contributed by atoms with van der Waals surface area (Å²) in [5.74, 6) is -1.44. The third-order valence-electron chi connectivity index (χ3n) is 4.01. The smallest absolute Gasteiger partial charge is 0.337 e. The minimum Gasteiger partial charge on any atom is -0.478 e. The number of benzene rings is 1. The molecule has 0 radical (unpaired) electrons. The van der Waals surface area contributed by atoms with Crippen LogP contribution >= 0.6 is 0 Å². The van der Waals surface area contributed by atoms with Crippen LogP contribution in [0.25, 0.3) is 0 Å². The van der Waals surface area contributed by atoms with Crippen LogP contribution in [0.3, 0.4) is 0 Å². The third kappa shape index (κ3) is 3.15. The van der Waals surface area contributed by atoms with Gasteiger partial charge in [-0.05, 0) is 30.0 Å². The zero-order valence-electron chi connectivity index (χ0n) is 12.4. The average molecular weight is 312 g/mol. The number of aromatic carboxylic acids is 1. The molecule has 23 heavy (non-hydrogen) atoms. The molecule has 118 valence electrons. The Hall–Kier alpha value is -2.89. The van der Waals surface area contributed by atoms with Crippen molar-refractivity contribution >= 4 is 11.9 Å². The molecular formula is C17H16N2O4. The molecule has 0 saturated carbocycles. The van der Waals surface area contributed by atoms with Gasteiger partial charge in [-0.15, -0.1) is 0 Å². The van der Waals surface area contributed by atoms with Crippen molar-refractivity contribution in [1.82, 2.24) is 9.88 Å². The summed E-state index contributed by atoms with van der Waals surface area (Å²) in [5, 5.41) is 11.9. The minimum absolute atomic E-state index is 0.0244. The first kappa shape index (κ1) is 15.0. The van der Waals surface area contributed by atoms with Crippen molar-refractivity contribution in [2.45, 2.75) is 25.4 Å². The Labute approximate surface area is 132 Å². The van der Waals surface area contributed by atoms with Crippen LogP contribution in [0, 0.1) is 0 Å². The molecule has 1 aliphatic rings. The van der Waals surface area contributed by atoms with E-state index in [1.807, 2.05) is 24.3 Å². The fourth-order valence-electron chi connectivity index (χ4n) is 2.88. The lowest BCUT2D eigenvalue weighted by Crippen LogP contribution is -2.34. The van der Waals surface area contributed by atoms with Crippen molar-refractivity contribution in [1.29, 1.82) is 0 Å². The Morgan fingerprint density at radius 2 is 2.00 bits per heavy atom. The van der Waals surface area contributed by atoms with E-state index in [9.17, 15) is 14.4 Å². The number of aromatic nitrogens is 1. The molecule has 6 nitrogen and oxygen atoms in total. The molecule has 2 aromatic rings. The lowest BCUT2D eigenvalue weighted by Gasteiger charge is -2.15. The highest BCUT2D eigenvalue weighted by Gasteiger charge is 2.23. The maximum absolute atomic E-state index is 12.2. The Bertz CT molecular complexity index is 825. The number of nitrogens with zero attached hydrogens (tertiary/aromatic N) is 1. The van der Waals surface area contributed by atoms with Crippen molar-refractivity contribution in [3.63, 3.8) is 0 Å². The monoisotopic (exact) mass is 312 g/mol. The fourth-order valence-corrected chi connectivity index (χ4v) is 2.88. The van der Waals surface area contributed by atoms with Crippen LogP contribution in [0.2, 0.25) is 0 Å². The number of amides is 1. The standard InChI is InChI=1S/C17H16N2O4/c20-15(10-19-9-12(17(22)23)6-8-16(19)21)18-14-7-5-11-3-1-2-4-13(11)14/h1-4,6,8-9,14H,5,7,10H2,(H,18,20)(H,22,23). The Balaban J connectivity index is 1.72. The second-order valence-corrected chi connectivity index (χ2v) is 5.55. The minimum atomic E-state index is -1.14. The Morgan fingerprint density at radius 1 is 1.22 bits per heavy atom. The van der Waals surface area contributed by atoms with Gasteiger partial charge in [0.2, 0.25) is 5.91 Å². The van der Waals surface area contributed by atoms with Gasteiger partial charge in [-0.1, -0.05) is 24.3 Å². The van der Waals surface area contributed by atoms with Gasteiger partial charge >= 0.3 is 5.97 Å². The molecule has 1 amide bonds. The van der Waals surface area contributed by atoms with Crippen molar-refractivity contribution in [2.75, 3.05) is 0 Å². The van der Waals surface area contributed by atoms with E-state index >= 15 is 0 Å². The summed E-state index contributed by atoms with van der Waals surface area (Å²) in [5.41, 5.74) is 1.90. The molecule has 2 N–H and O–H groups in total. The molecular weight excluding hydrogens is 296 g/mol. The van der Waals surface area contributed by atoms with Gasteiger partial charge in [0.05, 0.1) is 11.6 Å². The summed E-state index contributed by atoms with van der Waals surface area (Å²) in [4.78, 5) is 34.9. The van der Waals surface area contributed by atoms with Crippen LogP contribution in [-0.4, -0.2) is 21.6 Å². The number of hydrogen-bond donors (Lipinski definition) is 2. The molecule has 0 bridgehead atoms. The number of carbonyl (C=O) groups excluding carboxylic acids is 1. The number of carboxylic acid groups (broad SMARTS) is 1. The Morgan fingerprint density at radius 3 is 2.78 bits per heavy atom. The van der Waals surface area contributed by atoms with Gasteiger partial charge in [0.25, 0.3) is 5.56 Å². The highest BCUT2D eigenvalue weighted by molar-refractivity contribution is 5.87. The SMILES string of the molecule is O=C(Cn1cc(C(=O)O)ccc1=O)NC1CCc2ccccc21. The zero-order valence-corrected chi connectivity index (χ0v) is 12.4. The van der Waals surface area contributed by atoms with Crippen molar-refractivity contribution in [3.05, 3.63) is 69.6 Å². The lowest BCUT2D eigenvalue weighted by molar-refractivity contribution is -0.122. The van der Waals surface area contributed by atoms with Crippen molar-refractivity contribution in [3.8, 4) is 0 Å². The second kappa shape index (κ2) is 6.08. The number of rotatable bonds is 4. The maximum Gasteiger partial charge on any atom is 0.337 e. The molecule has 1 atom stereocenters. The van der Waals surface area contributed by atoms with E-state index in [-0.39, 0.29) is 24.1 Å². The molecule has 6 heteroatoms. The number of carbonyl (C=O) groups is 2. The predicted octanol–water partition coefficient (Wildman–Crippen LogP) is 1.35. The summed E-state index contributed by atoms with van der Waals surface area (Å²) in [6.07, 6.45) is 2.93. The number of aryl methyl sites for hydroxylation is 1. The van der Waals surface area contributed by atoms with Crippen molar-refractivity contribution < 1.29 is 14.7 Å². The normalized spacial score (nSPS) is 15.9.